The Morgan fingerprint density at radius 3 is 2.05 bits per heavy atom. The zero-order chi connectivity index (χ0) is 15.5. The van der Waals surface area contributed by atoms with Gasteiger partial charge in [0.25, 0.3) is 0 Å². The summed E-state index contributed by atoms with van der Waals surface area (Å²) in [4.78, 5) is 0. The van der Waals surface area contributed by atoms with Crippen LogP contribution in [0.2, 0.25) is 0 Å². The van der Waals surface area contributed by atoms with Crippen LogP contribution in [0.15, 0.2) is 42.5 Å². The fourth-order valence-corrected chi connectivity index (χ4v) is 1.80. The molecule has 112 valence electrons. The molecule has 0 aliphatic rings. The first-order chi connectivity index (χ1) is 9.86. The Kier molecular flexibility index (Phi) is 4.63. The molecule has 2 rings (SSSR count). The first-order valence-corrected chi connectivity index (χ1v) is 6.35. The maximum Gasteiger partial charge on any atom is 0.416 e. The van der Waals surface area contributed by atoms with Crippen molar-refractivity contribution in [1.82, 2.24) is 0 Å². The summed E-state index contributed by atoms with van der Waals surface area (Å²) in [5, 5.41) is 0. The first-order valence-electron chi connectivity index (χ1n) is 6.35. The zero-order valence-corrected chi connectivity index (χ0v) is 11.4. The van der Waals surface area contributed by atoms with E-state index in [1.807, 2.05) is 0 Å². The van der Waals surface area contributed by atoms with Crippen LogP contribution in [-0.2, 0) is 24.1 Å². The summed E-state index contributed by atoms with van der Waals surface area (Å²) in [6, 6.07) is 9.59. The van der Waals surface area contributed by atoms with Crippen LogP contribution in [0.1, 0.15) is 22.3 Å². The maximum absolute atomic E-state index is 13.3. The number of benzene rings is 2. The highest BCUT2D eigenvalue weighted by atomic mass is 19.4. The Balaban J connectivity index is 1.90. The minimum atomic E-state index is -4.33. The number of rotatable bonds is 4. The molecule has 0 N–H and O–H groups in total. The lowest BCUT2D eigenvalue weighted by Gasteiger charge is -2.08. The molecule has 0 spiro atoms. The third-order valence-electron chi connectivity index (χ3n) is 3.05. The van der Waals surface area contributed by atoms with Crippen molar-refractivity contribution in [2.45, 2.75) is 26.3 Å². The smallest absolute Gasteiger partial charge is 0.372 e. The van der Waals surface area contributed by atoms with Gasteiger partial charge in [-0.25, -0.2) is 4.39 Å². The second-order valence-electron chi connectivity index (χ2n) is 4.77. The van der Waals surface area contributed by atoms with E-state index in [9.17, 15) is 17.6 Å². The molecule has 2 aromatic carbocycles. The highest BCUT2D eigenvalue weighted by Gasteiger charge is 2.29. The molecule has 5 heteroatoms. The molecule has 0 amide bonds. The largest absolute Gasteiger partial charge is 0.416 e. The van der Waals surface area contributed by atoms with Crippen LogP contribution in [0.25, 0.3) is 0 Å². The van der Waals surface area contributed by atoms with E-state index >= 15 is 0 Å². The van der Waals surface area contributed by atoms with Crippen molar-refractivity contribution < 1.29 is 22.3 Å². The molecule has 0 aliphatic carbocycles. The summed E-state index contributed by atoms with van der Waals surface area (Å²) in [6.45, 7) is 2.05. The first kappa shape index (κ1) is 15.5. The predicted molar refractivity (Wildman–Crippen MR) is 71.1 cm³/mol. The predicted octanol–water partition coefficient (Wildman–Crippen LogP) is 4.87. The number of halogens is 4. The van der Waals surface area contributed by atoms with Crippen LogP contribution in [-0.4, -0.2) is 0 Å². The normalized spacial score (nSPS) is 11.7. The van der Waals surface area contributed by atoms with E-state index in [0.29, 0.717) is 16.7 Å². The van der Waals surface area contributed by atoms with Crippen LogP contribution < -0.4 is 0 Å². The lowest BCUT2D eigenvalue weighted by atomic mass is 10.1. The molecule has 21 heavy (non-hydrogen) atoms. The molecular weight excluding hydrogens is 284 g/mol. The van der Waals surface area contributed by atoms with Gasteiger partial charge in [-0.2, -0.15) is 13.2 Å². The van der Waals surface area contributed by atoms with Gasteiger partial charge in [-0.3, -0.25) is 0 Å². The molecule has 2 aromatic rings. The molecule has 1 nitrogen and oxygen atoms in total. The van der Waals surface area contributed by atoms with Crippen LogP contribution in [0.5, 0.6) is 0 Å². The SMILES string of the molecule is Cc1ccc(COCc2ccc(C(F)(F)F)cc2)cc1F. The van der Waals surface area contributed by atoms with E-state index < -0.39 is 11.7 Å². The van der Waals surface area contributed by atoms with Gasteiger partial charge in [0.2, 0.25) is 0 Å². The fourth-order valence-electron chi connectivity index (χ4n) is 1.80. The Hall–Kier alpha value is -1.88. The van der Waals surface area contributed by atoms with E-state index in [1.54, 1.807) is 19.1 Å². The van der Waals surface area contributed by atoms with Gasteiger partial charge >= 0.3 is 6.18 Å². The second-order valence-corrected chi connectivity index (χ2v) is 4.77. The lowest BCUT2D eigenvalue weighted by molar-refractivity contribution is -0.137. The summed E-state index contributed by atoms with van der Waals surface area (Å²) in [5.41, 5.74) is 1.19. The Morgan fingerprint density at radius 1 is 0.905 bits per heavy atom. The molecule has 0 saturated carbocycles. The van der Waals surface area contributed by atoms with E-state index in [1.165, 1.54) is 18.2 Å². The van der Waals surface area contributed by atoms with Crippen molar-refractivity contribution >= 4 is 0 Å². The molecule has 0 heterocycles. The summed E-state index contributed by atoms with van der Waals surface area (Å²) in [5.74, 6) is -0.300. The van der Waals surface area contributed by atoms with Crippen LogP contribution in [0.4, 0.5) is 17.6 Å². The molecule has 0 aliphatic heterocycles. The number of aryl methyl sites for hydroxylation is 1. The summed E-state index contributed by atoms with van der Waals surface area (Å²) in [6.07, 6.45) is -4.33. The molecule has 0 fully saturated rings. The van der Waals surface area contributed by atoms with E-state index in [-0.39, 0.29) is 19.0 Å². The second kappa shape index (κ2) is 6.26. The van der Waals surface area contributed by atoms with Gasteiger partial charge in [0.15, 0.2) is 0 Å². The van der Waals surface area contributed by atoms with Crippen LogP contribution in [0, 0.1) is 12.7 Å². The van der Waals surface area contributed by atoms with Crippen molar-refractivity contribution in [3.63, 3.8) is 0 Å². The van der Waals surface area contributed by atoms with Gasteiger partial charge < -0.3 is 4.74 Å². The van der Waals surface area contributed by atoms with Crippen molar-refractivity contribution in [1.29, 1.82) is 0 Å². The van der Waals surface area contributed by atoms with E-state index in [4.69, 9.17) is 4.74 Å². The van der Waals surface area contributed by atoms with Gasteiger partial charge in [0, 0.05) is 0 Å². The Labute approximate surface area is 120 Å². The minimum absolute atomic E-state index is 0.174. The van der Waals surface area contributed by atoms with Crippen LogP contribution >= 0.6 is 0 Å². The van der Waals surface area contributed by atoms with Gasteiger partial charge in [-0.05, 0) is 41.8 Å². The fraction of sp³-hybridized carbons (Fsp3) is 0.250. The molecule has 0 unspecified atom stereocenters. The number of ether oxygens (including phenoxy) is 1. The molecule has 0 aromatic heterocycles. The average Bonchev–Trinajstić information content (AvgIpc) is 2.42. The van der Waals surface area contributed by atoms with Gasteiger partial charge in [0.05, 0.1) is 18.8 Å². The Morgan fingerprint density at radius 2 is 1.48 bits per heavy atom. The van der Waals surface area contributed by atoms with Crippen molar-refractivity contribution in [2.75, 3.05) is 0 Å². The molecule has 0 radical (unpaired) electrons. The number of hydrogen-bond donors (Lipinski definition) is 0. The maximum atomic E-state index is 13.3. The average molecular weight is 298 g/mol. The van der Waals surface area contributed by atoms with Gasteiger partial charge in [-0.1, -0.05) is 24.3 Å². The van der Waals surface area contributed by atoms with Gasteiger partial charge in [0.1, 0.15) is 5.82 Å². The Bertz CT molecular complexity index is 603. The molecule has 0 saturated heterocycles. The minimum Gasteiger partial charge on any atom is -0.372 e. The van der Waals surface area contributed by atoms with Gasteiger partial charge in [-0.15, -0.1) is 0 Å². The van der Waals surface area contributed by atoms with Crippen molar-refractivity contribution in [3.8, 4) is 0 Å². The highest BCUT2D eigenvalue weighted by molar-refractivity contribution is 5.25. The van der Waals surface area contributed by atoms with E-state index in [2.05, 4.69) is 0 Å². The zero-order valence-electron chi connectivity index (χ0n) is 11.4. The summed E-state index contributed by atoms with van der Waals surface area (Å²) in [7, 11) is 0. The standard InChI is InChI=1S/C16H14F4O/c1-11-2-3-13(8-15(11)17)10-21-9-12-4-6-14(7-5-12)16(18,19)20/h2-8H,9-10H2,1H3. The topological polar surface area (TPSA) is 9.23 Å². The monoisotopic (exact) mass is 298 g/mol. The number of alkyl halides is 3. The summed E-state index contributed by atoms with van der Waals surface area (Å²) >= 11 is 0. The van der Waals surface area contributed by atoms with Crippen molar-refractivity contribution in [2.24, 2.45) is 0 Å². The molecule has 0 bridgehead atoms. The van der Waals surface area contributed by atoms with E-state index in [0.717, 1.165) is 12.1 Å². The molecular formula is C16H14F4O. The van der Waals surface area contributed by atoms with Crippen molar-refractivity contribution in [3.05, 3.63) is 70.5 Å². The highest BCUT2D eigenvalue weighted by Crippen LogP contribution is 2.29. The lowest BCUT2D eigenvalue weighted by Crippen LogP contribution is -2.04. The third-order valence-corrected chi connectivity index (χ3v) is 3.05. The third kappa shape index (κ3) is 4.29. The summed E-state index contributed by atoms with van der Waals surface area (Å²) < 4.78 is 55.9. The molecule has 0 atom stereocenters. The van der Waals surface area contributed by atoms with Crippen LogP contribution in [0.3, 0.4) is 0 Å². The quantitative estimate of drug-likeness (QED) is 0.732. The number of hydrogen-bond acceptors (Lipinski definition) is 1.